The molecular weight excluding hydrogens is 153 g/mol. The summed E-state index contributed by atoms with van der Waals surface area (Å²) in [7, 11) is 0. The standard InChI is InChI=1S/C10H20FN/c1-2-4-10(5-6-10)9-12-8-3-7-11/h12H,2-9H2,1H3. The summed E-state index contributed by atoms with van der Waals surface area (Å²) in [6.07, 6.45) is 6.05. The van der Waals surface area contributed by atoms with E-state index in [1.54, 1.807) is 0 Å². The number of rotatable bonds is 7. The zero-order valence-corrected chi connectivity index (χ0v) is 8.03. The minimum Gasteiger partial charge on any atom is -0.316 e. The molecule has 1 saturated carbocycles. The fraction of sp³-hybridized carbons (Fsp3) is 1.00. The van der Waals surface area contributed by atoms with Crippen molar-refractivity contribution in [2.45, 2.75) is 39.0 Å². The number of hydrogen-bond acceptors (Lipinski definition) is 1. The van der Waals surface area contributed by atoms with Gasteiger partial charge in [-0.15, -0.1) is 0 Å². The van der Waals surface area contributed by atoms with Crippen LogP contribution in [-0.2, 0) is 0 Å². The van der Waals surface area contributed by atoms with Crippen LogP contribution in [0, 0.1) is 5.41 Å². The molecule has 0 atom stereocenters. The largest absolute Gasteiger partial charge is 0.316 e. The zero-order valence-electron chi connectivity index (χ0n) is 8.03. The van der Waals surface area contributed by atoms with Gasteiger partial charge in [0.2, 0.25) is 0 Å². The van der Waals surface area contributed by atoms with Crippen molar-refractivity contribution in [1.82, 2.24) is 5.32 Å². The SMILES string of the molecule is CCCC1(CNCCCF)CC1. The molecule has 0 aromatic carbocycles. The van der Waals surface area contributed by atoms with Crippen molar-refractivity contribution in [3.05, 3.63) is 0 Å². The van der Waals surface area contributed by atoms with Crippen LogP contribution in [0.15, 0.2) is 0 Å². The second kappa shape index (κ2) is 4.80. The highest BCUT2D eigenvalue weighted by Gasteiger charge is 2.40. The van der Waals surface area contributed by atoms with E-state index in [9.17, 15) is 4.39 Å². The van der Waals surface area contributed by atoms with E-state index in [-0.39, 0.29) is 6.67 Å². The molecule has 1 fully saturated rings. The smallest absolute Gasteiger partial charge is 0.0906 e. The minimum absolute atomic E-state index is 0.187. The van der Waals surface area contributed by atoms with Gasteiger partial charge in [0.25, 0.3) is 0 Å². The summed E-state index contributed by atoms with van der Waals surface area (Å²) >= 11 is 0. The summed E-state index contributed by atoms with van der Waals surface area (Å²) in [6, 6.07) is 0. The Morgan fingerprint density at radius 1 is 1.42 bits per heavy atom. The molecule has 0 radical (unpaired) electrons. The summed E-state index contributed by atoms with van der Waals surface area (Å²) in [5, 5.41) is 3.33. The molecule has 0 amide bonds. The lowest BCUT2D eigenvalue weighted by Crippen LogP contribution is -2.25. The third kappa shape index (κ3) is 3.10. The fourth-order valence-electron chi connectivity index (χ4n) is 1.77. The van der Waals surface area contributed by atoms with Gasteiger partial charge in [-0.3, -0.25) is 4.39 Å². The first-order valence-corrected chi connectivity index (χ1v) is 5.10. The second-order valence-corrected chi connectivity index (χ2v) is 3.97. The second-order valence-electron chi connectivity index (χ2n) is 3.97. The van der Waals surface area contributed by atoms with Crippen LogP contribution in [0.2, 0.25) is 0 Å². The van der Waals surface area contributed by atoms with E-state index in [2.05, 4.69) is 12.2 Å². The first kappa shape index (κ1) is 9.97. The Hall–Kier alpha value is -0.110. The van der Waals surface area contributed by atoms with Gasteiger partial charge in [0.1, 0.15) is 0 Å². The van der Waals surface area contributed by atoms with Crippen LogP contribution < -0.4 is 5.32 Å². The molecule has 0 bridgehead atoms. The molecule has 1 nitrogen and oxygen atoms in total. The number of alkyl halides is 1. The van der Waals surface area contributed by atoms with E-state index >= 15 is 0 Å². The molecule has 0 aromatic rings. The maximum Gasteiger partial charge on any atom is 0.0906 e. The van der Waals surface area contributed by atoms with Crippen molar-refractivity contribution in [2.24, 2.45) is 5.41 Å². The molecule has 72 valence electrons. The van der Waals surface area contributed by atoms with Crippen molar-refractivity contribution in [1.29, 1.82) is 0 Å². The molecule has 12 heavy (non-hydrogen) atoms. The summed E-state index contributed by atoms with van der Waals surface area (Å²) < 4.78 is 11.7. The van der Waals surface area contributed by atoms with Crippen molar-refractivity contribution in [3.63, 3.8) is 0 Å². The predicted molar refractivity (Wildman–Crippen MR) is 50.0 cm³/mol. The van der Waals surface area contributed by atoms with Crippen molar-refractivity contribution < 1.29 is 4.39 Å². The van der Waals surface area contributed by atoms with E-state index in [0.717, 1.165) is 13.1 Å². The van der Waals surface area contributed by atoms with Crippen LogP contribution in [0.4, 0.5) is 4.39 Å². The summed E-state index contributed by atoms with van der Waals surface area (Å²) in [4.78, 5) is 0. The molecule has 1 rings (SSSR count). The molecule has 0 spiro atoms. The van der Waals surface area contributed by atoms with Crippen LogP contribution in [0.5, 0.6) is 0 Å². The molecule has 1 aliphatic carbocycles. The molecule has 0 aliphatic heterocycles. The van der Waals surface area contributed by atoms with Gasteiger partial charge in [0.15, 0.2) is 0 Å². The highest BCUT2D eigenvalue weighted by atomic mass is 19.1. The lowest BCUT2D eigenvalue weighted by molar-refractivity contribution is 0.402. The summed E-state index contributed by atoms with van der Waals surface area (Å²) in [6.45, 7) is 4.01. The highest BCUT2D eigenvalue weighted by Crippen LogP contribution is 2.48. The molecule has 0 aromatic heterocycles. The fourth-order valence-corrected chi connectivity index (χ4v) is 1.77. The topological polar surface area (TPSA) is 12.0 Å². The number of nitrogens with one attached hydrogen (secondary N) is 1. The molecule has 2 heteroatoms. The van der Waals surface area contributed by atoms with Gasteiger partial charge in [-0.05, 0) is 37.6 Å². The Morgan fingerprint density at radius 2 is 2.17 bits per heavy atom. The van der Waals surface area contributed by atoms with Crippen molar-refractivity contribution in [2.75, 3.05) is 19.8 Å². The monoisotopic (exact) mass is 173 g/mol. The van der Waals surface area contributed by atoms with E-state index in [4.69, 9.17) is 0 Å². The number of hydrogen-bond donors (Lipinski definition) is 1. The Labute approximate surface area is 74.7 Å². The summed E-state index contributed by atoms with van der Waals surface area (Å²) in [5.74, 6) is 0. The minimum atomic E-state index is -0.187. The average molecular weight is 173 g/mol. The van der Waals surface area contributed by atoms with Gasteiger partial charge in [-0.2, -0.15) is 0 Å². The van der Waals surface area contributed by atoms with Crippen molar-refractivity contribution >= 4 is 0 Å². The van der Waals surface area contributed by atoms with Gasteiger partial charge < -0.3 is 5.32 Å². The summed E-state index contributed by atoms with van der Waals surface area (Å²) in [5.41, 5.74) is 0.616. The molecule has 1 N–H and O–H groups in total. The lowest BCUT2D eigenvalue weighted by atomic mass is 10.0. The maximum absolute atomic E-state index is 11.7. The third-order valence-corrected chi connectivity index (χ3v) is 2.72. The van der Waals surface area contributed by atoms with Gasteiger partial charge >= 0.3 is 0 Å². The average Bonchev–Trinajstić information content (AvgIpc) is 2.81. The van der Waals surface area contributed by atoms with Gasteiger partial charge in [0.05, 0.1) is 6.67 Å². The molecule has 0 unspecified atom stereocenters. The van der Waals surface area contributed by atoms with Gasteiger partial charge in [-0.1, -0.05) is 13.3 Å². The molecule has 0 saturated heterocycles. The van der Waals surface area contributed by atoms with Gasteiger partial charge in [0, 0.05) is 6.54 Å². The van der Waals surface area contributed by atoms with E-state index in [1.807, 2.05) is 0 Å². The zero-order chi connectivity index (χ0) is 8.86. The Morgan fingerprint density at radius 3 is 2.67 bits per heavy atom. The third-order valence-electron chi connectivity index (χ3n) is 2.72. The van der Waals surface area contributed by atoms with E-state index in [1.165, 1.54) is 25.7 Å². The Kier molecular flexibility index (Phi) is 3.99. The Bertz CT molecular complexity index is 121. The highest BCUT2D eigenvalue weighted by molar-refractivity contribution is 4.94. The van der Waals surface area contributed by atoms with E-state index < -0.39 is 0 Å². The molecular formula is C10H20FN. The van der Waals surface area contributed by atoms with Crippen molar-refractivity contribution in [3.8, 4) is 0 Å². The normalized spacial score (nSPS) is 19.5. The van der Waals surface area contributed by atoms with Crippen LogP contribution in [0.3, 0.4) is 0 Å². The number of halogens is 1. The predicted octanol–water partition coefficient (Wildman–Crippen LogP) is 2.52. The van der Waals surface area contributed by atoms with Crippen LogP contribution >= 0.6 is 0 Å². The van der Waals surface area contributed by atoms with Crippen LogP contribution in [-0.4, -0.2) is 19.8 Å². The quantitative estimate of drug-likeness (QED) is 0.583. The molecule has 0 heterocycles. The van der Waals surface area contributed by atoms with E-state index in [0.29, 0.717) is 11.8 Å². The molecule has 1 aliphatic rings. The maximum atomic E-state index is 11.7. The first-order chi connectivity index (χ1) is 5.83. The lowest BCUT2D eigenvalue weighted by Gasteiger charge is -2.14. The van der Waals surface area contributed by atoms with Gasteiger partial charge in [-0.25, -0.2) is 0 Å². The Balaban J connectivity index is 1.98. The van der Waals surface area contributed by atoms with Crippen LogP contribution in [0.1, 0.15) is 39.0 Å². The first-order valence-electron chi connectivity index (χ1n) is 5.10. The van der Waals surface area contributed by atoms with Crippen LogP contribution in [0.25, 0.3) is 0 Å².